The van der Waals surface area contributed by atoms with E-state index in [-0.39, 0.29) is 5.91 Å². The molecule has 0 heterocycles. The van der Waals surface area contributed by atoms with E-state index in [1.807, 2.05) is 26.1 Å². The molecule has 1 atom stereocenters. The maximum atomic E-state index is 12.2. The van der Waals surface area contributed by atoms with Gasteiger partial charge in [0.15, 0.2) is 0 Å². The van der Waals surface area contributed by atoms with Gasteiger partial charge in [0.1, 0.15) is 0 Å². The minimum absolute atomic E-state index is 0.0574. The van der Waals surface area contributed by atoms with Gasteiger partial charge in [0, 0.05) is 19.2 Å². The maximum Gasteiger partial charge on any atom is 0.253 e. The molecule has 1 amide bonds. The van der Waals surface area contributed by atoms with Crippen LogP contribution < -0.4 is 11.3 Å². The molecule has 1 unspecified atom stereocenters. The molecule has 18 heavy (non-hydrogen) atoms. The first-order chi connectivity index (χ1) is 8.49. The molecule has 0 saturated heterocycles. The number of benzene rings is 1. The van der Waals surface area contributed by atoms with Gasteiger partial charge in [0.05, 0.1) is 5.69 Å². The van der Waals surface area contributed by atoms with E-state index in [4.69, 9.17) is 5.84 Å². The molecule has 0 bridgehead atoms. The average Bonchev–Trinajstić information content (AvgIpc) is 2.37. The number of hydrogen-bond acceptors (Lipinski definition) is 3. The highest BCUT2D eigenvalue weighted by Gasteiger charge is 2.14. The molecule has 0 spiro atoms. The molecule has 1 aromatic rings. The fraction of sp³-hybridized carbons (Fsp3) is 0.500. The summed E-state index contributed by atoms with van der Waals surface area (Å²) in [5.41, 5.74) is 5.13. The molecule has 0 aromatic heterocycles. The fourth-order valence-corrected chi connectivity index (χ4v) is 1.86. The molecular formula is C14H23N3O. The third kappa shape index (κ3) is 3.47. The minimum atomic E-state index is 0.0574. The van der Waals surface area contributed by atoms with Crippen molar-refractivity contribution >= 4 is 11.6 Å². The van der Waals surface area contributed by atoms with Gasteiger partial charge in [0.2, 0.25) is 0 Å². The lowest BCUT2D eigenvalue weighted by Crippen LogP contribution is -2.31. The largest absolute Gasteiger partial charge is 0.341 e. The highest BCUT2D eigenvalue weighted by atomic mass is 16.2. The molecule has 0 aliphatic heterocycles. The second-order valence-electron chi connectivity index (χ2n) is 4.87. The van der Waals surface area contributed by atoms with Crippen LogP contribution in [0, 0.1) is 12.8 Å². The molecular weight excluding hydrogens is 226 g/mol. The number of anilines is 1. The third-order valence-corrected chi connectivity index (χ3v) is 3.26. The van der Waals surface area contributed by atoms with E-state index in [1.54, 1.807) is 11.0 Å². The Hall–Kier alpha value is -1.55. The first-order valence-electron chi connectivity index (χ1n) is 6.32. The van der Waals surface area contributed by atoms with Gasteiger partial charge in [-0.05, 0) is 36.6 Å². The lowest BCUT2D eigenvalue weighted by Gasteiger charge is -2.21. The average molecular weight is 249 g/mol. The van der Waals surface area contributed by atoms with Crippen LogP contribution in [-0.2, 0) is 0 Å². The molecule has 0 saturated carbocycles. The fourth-order valence-electron chi connectivity index (χ4n) is 1.86. The Bertz CT molecular complexity index is 418. The normalized spacial score (nSPS) is 12.1. The van der Waals surface area contributed by atoms with Gasteiger partial charge in [-0.25, -0.2) is 0 Å². The van der Waals surface area contributed by atoms with Gasteiger partial charge < -0.3 is 10.3 Å². The molecule has 100 valence electrons. The number of nitrogens with one attached hydrogen (secondary N) is 1. The SMILES string of the molecule is CCC(C)CN(C)C(=O)c1ccc(NN)c(C)c1. The van der Waals surface area contributed by atoms with Crippen LogP contribution >= 0.6 is 0 Å². The van der Waals surface area contributed by atoms with Crippen LogP contribution in [0.25, 0.3) is 0 Å². The number of amides is 1. The van der Waals surface area contributed by atoms with E-state index >= 15 is 0 Å². The van der Waals surface area contributed by atoms with Crippen molar-refractivity contribution in [1.29, 1.82) is 0 Å². The zero-order chi connectivity index (χ0) is 13.7. The van der Waals surface area contributed by atoms with E-state index in [0.29, 0.717) is 11.5 Å². The summed E-state index contributed by atoms with van der Waals surface area (Å²) >= 11 is 0. The monoisotopic (exact) mass is 249 g/mol. The topological polar surface area (TPSA) is 58.4 Å². The van der Waals surface area contributed by atoms with E-state index < -0.39 is 0 Å². The standard InChI is InChI=1S/C14H23N3O/c1-5-10(2)9-17(4)14(18)12-6-7-13(16-15)11(3)8-12/h6-8,10,16H,5,9,15H2,1-4H3. The van der Waals surface area contributed by atoms with Gasteiger partial charge in [-0.3, -0.25) is 10.6 Å². The van der Waals surface area contributed by atoms with Crippen molar-refractivity contribution in [3.8, 4) is 0 Å². The first-order valence-corrected chi connectivity index (χ1v) is 6.32. The number of hydrazine groups is 1. The second-order valence-corrected chi connectivity index (χ2v) is 4.87. The Morgan fingerprint density at radius 1 is 1.50 bits per heavy atom. The lowest BCUT2D eigenvalue weighted by atomic mass is 10.1. The molecule has 0 aliphatic rings. The number of rotatable bonds is 5. The summed E-state index contributed by atoms with van der Waals surface area (Å²) in [6.45, 7) is 7.00. The first kappa shape index (κ1) is 14.5. The predicted molar refractivity (Wildman–Crippen MR) is 75.4 cm³/mol. The van der Waals surface area contributed by atoms with Gasteiger partial charge in [-0.15, -0.1) is 0 Å². The van der Waals surface area contributed by atoms with Crippen molar-refractivity contribution in [3.63, 3.8) is 0 Å². The molecule has 0 fully saturated rings. The van der Waals surface area contributed by atoms with Gasteiger partial charge in [0.25, 0.3) is 5.91 Å². The summed E-state index contributed by atoms with van der Waals surface area (Å²) in [6.07, 6.45) is 1.08. The van der Waals surface area contributed by atoms with Gasteiger partial charge >= 0.3 is 0 Å². The smallest absolute Gasteiger partial charge is 0.253 e. The Morgan fingerprint density at radius 3 is 2.67 bits per heavy atom. The van der Waals surface area contributed by atoms with Crippen LogP contribution in [0.1, 0.15) is 36.2 Å². The Labute approximate surface area is 109 Å². The predicted octanol–water partition coefficient (Wildman–Crippen LogP) is 2.40. The molecule has 1 aromatic carbocycles. The summed E-state index contributed by atoms with van der Waals surface area (Å²) < 4.78 is 0. The number of carbonyl (C=O) groups is 1. The van der Waals surface area contributed by atoms with Crippen LogP contribution in [0.3, 0.4) is 0 Å². The molecule has 0 radical (unpaired) electrons. The van der Waals surface area contributed by atoms with Crippen LogP contribution in [0.5, 0.6) is 0 Å². The minimum Gasteiger partial charge on any atom is -0.341 e. The third-order valence-electron chi connectivity index (χ3n) is 3.26. The van der Waals surface area contributed by atoms with Crippen LogP contribution in [-0.4, -0.2) is 24.4 Å². The lowest BCUT2D eigenvalue weighted by molar-refractivity contribution is 0.0775. The van der Waals surface area contributed by atoms with Gasteiger partial charge in [-0.1, -0.05) is 20.3 Å². The number of nitrogens with zero attached hydrogens (tertiary/aromatic N) is 1. The number of nitrogen functional groups attached to an aromatic ring is 1. The quantitative estimate of drug-likeness (QED) is 0.622. The zero-order valence-electron chi connectivity index (χ0n) is 11.7. The van der Waals surface area contributed by atoms with E-state index in [2.05, 4.69) is 19.3 Å². The Kier molecular flexibility index (Phi) is 5.16. The zero-order valence-corrected chi connectivity index (χ0v) is 11.7. The summed E-state index contributed by atoms with van der Waals surface area (Å²) in [7, 11) is 1.85. The number of carbonyl (C=O) groups excluding carboxylic acids is 1. The molecule has 3 N–H and O–H groups in total. The summed E-state index contributed by atoms with van der Waals surface area (Å²) in [5, 5.41) is 0. The van der Waals surface area contributed by atoms with Gasteiger partial charge in [-0.2, -0.15) is 0 Å². The van der Waals surface area contributed by atoms with Crippen LogP contribution in [0.4, 0.5) is 5.69 Å². The molecule has 0 aliphatic carbocycles. The van der Waals surface area contributed by atoms with Crippen LogP contribution in [0.2, 0.25) is 0 Å². The number of hydrogen-bond donors (Lipinski definition) is 2. The highest BCUT2D eigenvalue weighted by Crippen LogP contribution is 2.16. The van der Waals surface area contributed by atoms with E-state index in [1.165, 1.54) is 0 Å². The summed E-state index contributed by atoms with van der Waals surface area (Å²) in [6, 6.07) is 5.50. The summed E-state index contributed by atoms with van der Waals surface area (Å²) in [4.78, 5) is 14.0. The molecule has 1 rings (SSSR count). The highest BCUT2D eigenvalue weighted by molar-refractivity contribution is 5.94. The maximum absolute atomic E-state index is 12.2. The second kappa shape index (κ2) is 6.40. The van der Waals surface area contributed by atoms with Crippen molar-refractivity contribution in [2.45, 2.75) is 27.2 Å². The summed E-state index contributed by atoms with van der Waals surface area (Å²) in [5.74, 6) is 5.95. The Morgan fingerprint density at radius 2 is 2.17 bits per heavy atom. The van der Waals surface area contributed by atoms with Crippen molar-refractivity contribution < 1.29 is 4.79 Å². The van der Waals surface area contributed by atoms with E-state index in [0.717, 1.165) is 24.2 Å². The van der Waals surface area contributed by atoms with E-state index in [9.17, 15) is 4.79 Å². The Balaban J connectivity index is 2.80. The van der Waals surface area contributed by atoms with Crippen LogP contribution in [0.15, 0.2) is 18.2 Å². The number of nitrogens with two attached hydrogens (primary N) is 1. The van der Waals surface area contributed by atoms with Crippen molar-refractivity contribution in [2.75, 3.05) is 19.0 Å². The van der Waals surface area contributed by atoms with Crippen molar-refractivity contribution in [2.24, 2.45) is 11.8 Å². The van der Waals surface area contributed by atoms with Crippen molar-refractivity contribution in [1.82, 2.24) is 4.90 Å². The molecule has 4 heteroatoms. The number of aryl methyl sites for hydroxylation is 1. The molecule has 4 nitrogen and oxygen atoms in total. The van der Waals surface area contributed by atoms with Crippen molar-refractivity contribution in [3.05, 3.63) is 29.3 Å².